The van der Waals surface area contributed by atoms with E-state index in [1.165, 1.54) is 24.8 Å². The van der Waals surface area contributed by atoms with Crippen LogP contribution in [-0.2, 0) is 41.4 Å². The number of hydrogen-bond acceptors (Lipinski definition) is 12. The van der Waals surface area contributed by atoms with E-state index in [0.717, 1.165) is 51.0 Å². The highest BCUT2D eigenvalue weighted by atomic mass is 32.1. The number of alkyl halides is 3. The molecule has 2 aliphatic heterocycles. The first kappa shape index (κ1) is 52.2. The minimum Gasteiger partial charge on any atom is -0.476 e. The van der Waals surface area contributed by atoms with Gasteiger partial charge in [-0.1, -0.05) is 45.0 Å². The van der Waals surface area contributed by atoms with Gasteiger partial charge in [0.25, 0.3) is 11.8 Å². The van der Waals surface area contributed by atoms with Crippen LogP contribution in [0.1, 0.15) is 76.3 Å². The van der Waals surface area contributed by atoms with Crippen LogP contribution in [0.4, 0.5) is 33.3 Å². The first-order valence-corrected chi connectivity index (χ1v) is 23.1. The van der Waals surface area contributed by atoms with E-state index < -0.39 is 80.5 Å². The monoisotopic (exact) mass is 998 g/mol. The second-order valence-electron chi connectivity index (χ2n) is 17.8. The van der Waals surface area contributed by atoms with E-state index in [4.69, 9.17) is 31.7 Å². The molecule has 2 aromatic heterocycles. The minimum atomic E-state index is -5.25. The Morgan fingerprint density at radius 3 is 2.38 bits per heavy atom. The molecule has 2 unspecified atom stereocenters. The summed E-state index contributed by atoms with van der Waals surface area (Å²) in [5.41, 5.74) is -1.32. The summed E-state index contributed by atoms with van der Waals surface area (Å²) in [6, 6.07) is 10.1. The van der Waals surface area contributed by atoms with Crippen LogP contribution in [0.2, 0.25) is 0 Å². The third-order valence-electron chi connectivity index (χ3n) is 11.4. The first-order chi connectivity index (χ1) is 32.6. The molecule has 4 heterocycles. The van der Waals surface area contributed by atoms with Crippen molar-refractivity contribution in [2.75, 3.05) is 49.4 Å². The molecule has 2 aliphatic rings. The van der Waals surface area contributed by atoms with E-state index in [0.29, 0.717) is 30.8 Å². The molecule has 0 spiro atoms. The second-order valence-corrected chi connectivity index (χ2v) is 19.1. The number of nitriles is 1. The Balaban J connectivity index is 0.914. The number of thiazole rings is 1. The average Bonchev–Trinajstić information content (AvgIpc) is 4.00. The molecule has 2 aromatic carbocycles. The van der Waals surface area contributed by atoms with Gasteiger partial charge in [0.2, 0.25) is 17.7 Å². The Kier molecular flexibility index (Phi) is 16.4. The number of hydrogen-bond donors (Lipinski definition) is 2. The van der Waals surface area contributed by atoms with Crippen molar-refractivity contribution in [3.63, 3.8) is 0 Å². The van der Waals surface area contributed by atoms with Crippen LogP contribution in [0, 0.1) is 35.3 Å². The number of nitrogens with zero attached hydrogens (tertiary/aromatic N) is 6. The summed E-state index contributed by atoms with van der Waals surface area (Å²) in [5, 5.41) is 14.4. The lowest BCUT2D eigenvalue weighted by molar-refractivity contribution is -0.144. The Bertz CT molecular complexity index is 2620. The molecule has 0 radical (unpaired) electrons. The van der Waals surface area contributed by atoms with Gasteiger partial charge in [0.05, 0.1) is 65.1 Å². The predicted molar refractivity (Wildman–Crippen MR) is 249 cm³/mol. The highest BCUT2D eigenvalue weighted by molar-refractivity contribution is 7.81. The number of likely N-dealkylation sites (tertiary alicyclic amines) is 1. The maximum Gasteiger partial charge on any atom is 0.420 e. The third-order valence-corrected chi connectivity index (χ3v) is 12.8. The fraction of sp³-hybridized carbons (Fsp3) is 0.447. The van der Waals surface area contributed by atoms with E-state index in [-0.39, 0.29) is 57.0 Å². The molecular formula is C47H51F5N8O7S2. The van der Waals surface area contributed by atoms with Crippen LogP contribution in [0.5, 0.6) is 5.88 Å². The first-order valence-electron chi connectivity index (χ1n) is 21.9. The van der Waals surface area contributed by atoms with Crippen LogP contribution in [0.25, 0.3) is 10.4 Å². The summed E-state index contributed by atoms with van der Waals surface area (Å²) in [4.78, 5) is 66.3. The van der Waals surface area contributed by atoms with Crippen LogP contribution in [0.3, 0.4) is 0 Å². The molecule has 22 heteroatoms. The normalized spacial score (nSPS) is 16.4. The highest BCUT2D eigenvalue weighted by Crippen LogP contribution is 2.42. The number of anilines is 2. The number of benzene rings is 2. The number of thiocarbonyl (C=S) groups is 1. The van der Waals surface area contributed by atoms with Gasteiger partial charge < -0.3 is 34.6 Å². The zero-order chi connectivity index (χ0) is 50.4. The van der Waals surface area contributed by atoms with Gasteiger partial charge in [0.1, 0.15) is 29.8 Å². The van der Waals surface area contributed by atoms with Gasteiger partial charge in [-0.3, -0.25) is 24.1 Å². The van der Waals surface area contributed by atoms with Crippen LogP contribution < -0.4 is 25.2 Å². The van der Waals surface area contributed by atoms with Crippen molar-refractivity contribution in [3.05, 3.63) is 88.2 Å². The summed E-state index contributed by atoms with van der Waals surface area (Å²) in [5.74, 6) is -5.27. The summed E-state index contributed by atoms with van der Waals surface area (Å²) >= 11 is 6.96. The molecule has 4 amide bonds. The molecule has 6 rings (SSSR count). The molecule has 2 fully saturated rings. The Morgan fingerprint density at radius 1 is 1.03 bits per heavy atom. The molecule has 0 aliphatic carbocycles. The lowest BCUT2D eigenvalue weighted by Crippen LogP contribution is -2.58. The van der Waals surface area contributed by atoms with Crippen molar-refractivity contribution in [1.29, 1.82) is 5.26 Å². The van der Waals surface area contributed by atoms with Crippen molar-refractivity contribution in [2.24, 2.45) is 5.41 Å². The fourth-order valence-corrected chi connectivity index (χ4v) is 9.21. The van der Waals surface area contributed by atoms with Crippen LogP contribution in [0.15, 0.2) is 54.2 Å². The summed E-state index contributed by atoms with van der Waals surface area (Å²) in [7, 11) is 0. The van der Waals surface area contributed by atoms with Gasteiger partial charge in [-0.25, -0.2) is 18.7 Å². The van der Waals surface area contributed by atoms with Gasteiger partial charge in [-0.05, 0) is 74.5 Å². The quantitative estimate of drug-likeness (QED) is 0.0581. The molecular weight excluding hydrogens is 948 g/mol. The van der Waals surface area contributed by atoms with Gasteiger partial charge in [-0.15, -0.1) is 11.3 Å². The Labute approximate surface area is 404 Å². The molecule has 69 heavy (non-hydrogen) atoms. The summed E-state index contributed by atoms with van der Waals surface area (Å²) in [6.07, 6.45) is -2.69. The fourth-order valence-electron chi connectivity index (χ4n) is 7.89. The minimum absolute atomic E-state index is 0.0320. The van der Waals surface area contributed by atoms with Crippen molar-refractivity contribution < 1.29 is 55.3 Å². The maximum atomic E-state index is 15.4. The van der Waals surface area contributed by atoms with Crippen molar-refractivity contribution >= 4 is 63.7 Å². The topological polar surface area (TPSA) is 179 Å². The van der Waals surface area contributed by atoms with Gasteiger partial charge >= 0.3 is 6.18 Å². The summed E-state index contributed by atoms with van der Waals surface area (Å²) < 4.78 is 88.3. The van der Waals surface area contributed by atoms with Gasteiger partial charge in [0.15, 0.2) is 16.7 Å². The number of nitrogens with one attached hydrogen (secondary N) is 2. The number of pyridine rings is 1. The zero-order valence-electron chi connectivity index (χ0n) is 38.7. The Hall–Kier alpha value is -6.15. The average molecular weight is 999 g/mol. The molecule has 15 nitrogen and oxygen atoms in total. The zero-order valence-corrected chi connectivity index (χ0v) is 40.3. The number of aryl methyl sites for hydroxylation is 1. The highest BCUT2D eigenvalue weighted by Gasteiger charge is 2.52. The SMILES string of the molecule is Cc1ncsc1-c1ccc(CNC(=O)C2CCCN2C(=O)C(NC(=O)COCCOCCCOc2ncc(N3C(=S)N(c4ccc(C#N)c(C(F)(F)F)c4F)C(=O)C3(C)C)cc2F)C(C)(C)C)cc1. The molecule has 0 bridgehead atoms. The molecule has 0 saturated carbocycles. The predicted octanol–water partition coefficient (Wildman–Crippen LogP) is 7.24. The van der Waals surface area contributed by atoms with E-state index in [9.17, 15) is 32.3 Å². The van der Waals surface area contributed by atoms with E-state index in [2.05, 4.69) is 20.6 Å². The number of aromatic nitrogens is 2. The molecule has 2 saturated heterocycles. The number of halogens is 5. The van der Waals surface area contributed by atoms with Crippen molar-refractivity contribution in [3.8, 4) is 22.4 Å². The lowest BCUT2D eigenvalue weighted by Gasteiger charge is -2.35. The number of amides is 4. The maximum absolute atomic E-state index is 15.4. The van der Waals surface area contributed by atoms with Crippen molar-refractivity contribution in [1.82, 2.24) is 25.5 Å². The lowest BCUT2D eigenvalue weighted by atomic mass is 9.85. The number of carbonyl (C=O) groups excluding carboxylic acids is 4. The van der Waals surface area contributed by atoms with E-state index >= 15 is 8.78 Å². The smallest absolute Gasteiger partial charge is 0.420 e. The largest absolute Gasteiger partial charge is 0.476 e. The van der Waals surface area contributed by atoms with E-state index in [1.54, 1.807) is 16.8 Å². The van der Waals surface area contributed by atoms with Gasteiger partial charge in [0, 0.05) is 32.2 Å². The van der Waals surface area contributed by atoms with E-state index in [1.807, 2.05) is 52.0 Å². The second kappa shape index (κ2) is 21.6. The number of rotatable bonds is 18. The molecule has 2 atom stereocenters. The van der Waals surface area contributed by atoms with Crippen LogP contribution >= 0.6 is 23.6 Å². The molecule has 368 valence electrons. The van der Waals surface area contributed by atoms with Gasteiger partial charge in [-0.2, -0.15) is 18.4 Å². The summed E-state index contributed by atoms with van der Waals surface area (Å²) in [6.45, 7) is 10.7. The third kappa shape index (κ3) is 11.8. The standard InChI is InChI=1S/C47H51F5N8O7S2/c1-27-38(69-26-56-27)29-12-10-28(11-13-29)23-54-40(62)34-9-7-16-58(34)42(63)39(45(2,3)4)57-35(61)25-66-20-19-65-17-8-18-67-41-32(48)21-31(24-55-41)60-44(68)59(43(64)46(60,5)6)33-15-14-30(22-53)36(37(33)49)47(50,51)52/h10-15,21,24,26,34,39H,7-9,16-20,23,25H2,1-6H3,(H,54,62)(H,57,61). The van der Waals surface area contributed by atoms with Crippen LogP contribution in [-0.4, -0.2) is 101 Å². The molecule has 4 aromatic rings. The number of carbonyl (C=O) groups is 4. The number of ether oxygens (including phenoxy) is 3. The molecule has 2 N–H and O–H groups in total. The van der Waals surface area contributed by atoms with Crippen molar-refractivity contribution in [2.45, 2.75) is 91.1 Å². The Morgan fingerprint density at radius 2 is 1.74 bits per heavy atom.